The van der Waals surface area contributed by atoms with E-state index >= 15 is 0 Å². The predicted molar refractivity (Wildman–Crippen MR) is 69.2 cm³/mol. The molecule has 0 aliphatic carbocycles. The normalized spacial score (nSPS) is 14.2. The van der Waals surface area contributed by atoms with E-state index in [0.717, 1.165) is 10.0 Å². The first-order valence-corrected chi connectivity index (χ1v) is 6.07. The molecule has 2 unspecified atom stereocenters. The molecule has 0 aliphatic heterocycles. The molecule has 0 fully saturated rings. The van der Waals surface area contributed by atoms with E-state index in [-0.39, 0.29) is 18.0 Å². The summed E-state index contributed by atoms with van der Waals surface area (Å²) in [6.07, 6.45) is 0. The van der Waals surface area contributed by atoms with E-state index in [1.165, 1.54) is 0 Å². The molecule has 0 heterocycles. The Morgan fingerprint density at radius 2 is 2.06 bits per heavy atom. The van der Waals surface area contributed by atoms with Crippen molar-refractivity contribution in [3.05, 3.63) is 34.3 Å². The van der Waals surface area contributed by atoms with Crippen molar-refractivity contribution in [2.75, 3.05) is 7.05 Å². The molecule has 4 heteroatoms. The zero-order chi connectivity index (χ0) is 12.1. The number of halogens is 1. The number of benzene rings is 1. The van der Waals surface area contributed by atoms with E-state index in [1.807, 2.05) is 38.1 Å². The second-order valence-corrected chi connectivity index (χ2v) is 4.71. The van der Waals surface area contributed by atoms with E-state index in [4.69, 9.17) is 0 Å². The van der Waals surface area contributed by atoms with Crippen molar-refractivity contribution < 1.29 is 4.79 Å². The Kier molecular flexibility index (Phi) is 4.96. The second-order valence-electron chi connectivity index (χ2n) is 3.80. The standard InChI is InChI=1S/C12H17BrN2O/c1-8(15-12(16)9(2)14-3)10-5-4-6-11(13)7-10/h4-9,14H,1-3H3,(H,15,16). The summed E-state index contributed by atoms with van der Waals surface area (Å²) in [5.74, 6) is 0.00924. The molecular formula is C12H17BrN2O. The Bertz CT molecular complexity index is 368. The maximum absolute atomic E-state index is 11.7. The monoisotopic (exact) mass is 284 g/mol. The van der Waals surface area contributed by atoms with Gasteiger partial charge in [-0.2, -0.15) is 0 Å². The molecule has 1 aromatic rings. The Morgan fingerprint density at radius 3 is 2.62 bits per heavy atom. The fraction of sp³-hybridized carbons (Fsp3) is 0.417. The smallest absolute Gasteiger partial charge is 0.237 e. The van der Waals surface area contributed by atoms with E-state index in [1.54, 1.807) is 7.05 Å². The molecule has 88 valence electrons. The summed E-state index contributed by atoms with van der Waals surface area (Å²) in [6.45, 7) is 3.81. The van der Waals surface area contributed by atoms with Gasteiger partial charge in [0.25, 0.3) is 0 Å². The van der Waals surface area contributed by atoms with Crippen LogP contribution in [0.4, 0.5) is 0 Å². The summed E-state index contributed by atoms with van der Waals surface area (Å²) in [5.41, 5.74) is 1.09. The average Bonchev–Trinajstić information content (AvgIpc) is 2.27. The van der Waals surface area contributed by atoms with Gasteiger partial charge in [-0.15, -0.1) is 0 Å². The van der Waals surface area contributed by atoms with Crippen LogP contribution in [0.3, 0.4) is 0 Å². The van der Waals surface area contributed by atoms with Crippen molar-refractivity contribution in [1.29, 1.82) is 0 Å². The van der Waals surface area contributed by atoms with Gasteiger partial charge in [-0.3, -0.25) is 4.79 Å². The fourth-order valence-electron chi connectivity index (χ4n) is 1.33. The number of carbonyl (C=O) groups excluding carboxylic acids is 1. The molecule has 2 N–H and O–H groups in total. The molecule has 0 radical (unpaired) electrons. The number of likely N-dealkylation sites (N-methyl/N-ethyl adjacent to an activating group) is 1. The molecule has 2 atom stereocenters. The van der Waals surface area contributed by atoms with Crippen LogP contribution in [-0.2, 0) is 4.79 Å². The second kappa shape index (κ2) is 6.01. The third-order valence-corrected chi connectivity index (χ3v) is 3.03. The molecular weight excluding hydrogens is 268 g/mol. The Hall–Kier alpha value is -0.870. The lowest BCUT2D eigenvalue weighted by molar-refractivity contribution is -0.123. The van der Waals surface area contributed by atoms with E-state index in [9.17, 15) is 4.79 Å². The summed E-state index contributed by atoms with van der Waals surface area (Å²) in [4.78, 5) is 11.7. The first-order valence-electron chi connectivity index (χ1n) is 5.27. The summed E-state index contributed by atoms with van der Waals surface area (Å²) >= 11 is 3.41. The first-order chi connectivity index (χ1) is 7.54. The van der Waals surface area contributed by atoms with Gasteiger partial charge in [0.05, 0.1) is 12.1 Å². The van der Waals surface area contributed by atoms with Gasteiger partial charge in [-0.05, 0) is 38.6 Å². The van der Waals surface area contributed by atoms with Crippen LogP contribution in [0.5, 0.6) is 0 Å². The van der Waals surface area contributed by atoms with Crippen LogP contribution in [0.25, 0.3) is 0 Å². The highest BCUT2D eigenvalue weighted by Gasteiger charge is 2.14. The highest BCUT2D eigenvalue weighted by atomic mass is 79.9. The van der Waals surface area contributed by atoms with Crippen molar-refractivity contribution >= 4 is 21.8 Å². The van der Waals surface area contributed by atoms with Crippen LogP contribution in [0.2, 0.25) is 0 Å². The van der Waals surface area contributed by atoms with Gasteiger partial charge in [0.15, 0.2) is 0 Å². The van der Waals surface area contributed by atoms with Crippen LogP contribution < -0.4 is 10.6 Å². The number of amides is 1. The summed E-state index contributed by atoms with van der Waals surface area (Å²) in [7, 11) is 1.77. The molecule has 0 saturated heterocycles. The Balaban J connectivity index is 2.65. The molecule has 3 nitrogen and oxygen atoms in total. The lowest BCUT2D eigenvalue weighted by Crippen LogP contribution is -2.41. The Morgan fingerprint density at radius 1 is 1.38 bits per heavy atom. The number of hydrogen-bond acceptors (Lipinski definition) is 2. The SMILES string of the molecule is CNC(C)C(=O)NC(C)c1cccc(Br)c1. The third-order valence-electron chi connectivity index (χ3n) is 2.53. The van der Waals surface area contributed by atoms with Gasteiger partial charge in [0.2, 0.25) is 5.91 Å². The third kappa shape index (κ3) is 3.61. The minimum atomic E-state index is -0.172. The molecule has 16 heavy (non-hydrogen) atoms. The van der Waals surface area contributed by atoms with Crippen molar-refractivity contribution in [2.45, 2.75) is 25.9 Å². The van der Waals surface area contributed by atoms with E-state index < -0.39 is 0 Å². The summed E-state index contributed by atoms with van der Waals surface area (Å²) in [6, 6.07) is 7.78. The van der Waals surface area contributed by atoms with Crippen LogP contribution >= 0.6 is 15.9 Å². The maximum Gasteiger partial charge on any atom is 0.237 e. The summed E-state index contributed by atoms with van der Waals surface area (Å²) in [5, 5.41) is 5.86. The number of carbonyl (C=O) groups is 1. The molecule has 1 rings (SSSR count). The van der Waals surface area contributed by atoms with Crippen molar-refractivity contribution in [3.63, 3.8) is 0 Å². The van der Waals surface area contributed by atoms with E-state index in [2.05, 4.69) is 26.6 Å². The highest BCUT2D eigenvalue weighted by Crippen LogP contribution is 2.17. The maximum atomic E-state index is 11.7. The molecule has 0 aromatic heterocycles. The van der Waals surface area contributed by atoms with Crippen LogP contribution in [0.15, 0.2) is 28.7 Å². The summed E-state index contributed by atoms with van der Waals surface area (Å²) < 4.78 is 1.02. The van der Waals surface area contributed by atoms with Gasteiger partial charge in [-0.25, -0.2) is 0 Å². The number of nitrogens with one attached hydrogen (secondary N) is 2. The lowest BCUT2D eigenvalue weighted by atomic mass is 10.1. The van der Waals surface area contributed by atoms with Gasteiger partial charge >= 0.3 is 0 Å². The van der Waals surface area contributed by atoms with E-state index in [0.29, 0.717) is 0 Å². The minimum absolute atomic E-state index is 0.00924. The fourth-order valence-corrected chi connectivity index (χ4v) is 1.75. The van der Waals surface area contributed by atoms with Gasteiger partial charge in [0.1, 0.15) is 0 Å². The van der Waals surface area contributed by atoms with Gasteiger partial charge in [-0.1, -0.05) is 28.1 Å². The zero-order valence-corrected chi connectivity index (χ0v) is 11.3. The largest absolute Gasteiger partial charge is 0.348 e. The first kappa shape index (κ1) is 13.2. The van der Waals surface area contributed by atoms with Crippen LogP contribution in [-0.4, -0.2) is 19.0 Å². The average molecular weight is 285 g/mol. The lowest BCUT2D eigenvalue weighted by Gasteiger charge is -2.17. The quantitative estimate of drug-likeness (QED) is 0.890. The van der Waals surface area contributed by atoms with Crippen molar-refractivity contribution in [3.8, 4) is 0 Å². The van der Waals surface area contributed by atoms with Crippen LogP contribution in [0, 0.1) is 0 Å². The molecule has 1 aromatic carbocycles. The molecule has 0 bridgehead atoms. The topological polar surface area (TPSA) is 41.1 Å². The van der Waals surface area contributed by atoms with Crippen LogP contribution in [0.1, 0.15) is 25.5 Å². The van der Waals surface area contributed by atoms with Gasteiger partial charge < -0.3 is 10.6 Å². The van der Waals surface area contributed by atoms with Crippen molar-refractivity contribution in [2.24, 2.45) is 0 Å². The molecule has 0 aliphatic rings. The van der Waals surface area contributed by atoms with Crippen molar-refractivity contribution in [1.82, 2.24) is 10.6 Å². The number of rotatable bonds is 4. The Labute approximate surface area is 105 Å². The highest BCUT2D eigenvalue weighted by molar-refractivity contribution is 9.10. The van der Waals surface area contributed by atoms with Gasteiger partial charge in [0, 0.05) is 4.47 Å². The number of hydrogen-bond donors (Lipinski definition) is 2. The minimum Gasteiger partial charge on any atom is -0.348 e. The molecule has 0 saturated carbocycles. The zero-order valence-electron chi connectivity index (χ0n) is 9.75. The predicted octanol–water partition coefficient (Wildman–Crippen LogP) is 2.23. The molecule has 1 amide bonds. The molecule has 0 spiro atoms.